The van der Waals surface area contributed by atoms with Crippen molar-refractivity contribution in [3.8, 4) is 5.75 Å². The summed E-state index contributed by atoms with van der Waals surface area (Å²) >= 11 is 12.3. The van der Waals surface area contributed by atoms with Crippen LogP contribution in [0.5, 0.6) is 5.75 Å². The molecular weight excluding hydrogens is 371 g/mol. The van der Waals surface area contributed by atoms with Crippen LogP contribution in [0.2, 0.25) is 10.0 Å². The summed E-state index contributed by atoms with van der Waals surface area (Å²) in [6.07, 6.45) is 3.54. The molecule has 6 heteroatoms. The number of aromatic nitrogens is 1. The van der Waals surface area contributed by atoms with Crippen LogP contribution in [-0.2, 0) is 0 Å². The fourth-order valence-corrected chi connectivity index (χ4v) is 3.68. The Morgan fingerprint density at radius 2 is 1.88 bits per heavy atom. The Hall–Kier alpha value is -2.17. The van der Waals surface area contributed by atoms with Gasteiger partial charge < -0.3 is 14.6 Å². The third-order valence-corrected chi connectivity index (χ3v) is 5.56. The Morgan fingerprint density at radius 3 is 2.69 bits per heavy atom. The summed E-state index contributed by atoms with van der Waals surface area (Å²) in [6, 6.07) is 13.0. The molecule has 0 spiro atoms. The summed E-state index contributed by atoms with van der Waals surface area (Å²) in [5.74, 6) is 0.634. The number of halogens is 2. The highest BCUT2D eigenvalue weighted by atomic mass is 35.5. The summed E-state index contributed by atoms with van der Waals surface area (Å²) in [6.45, 7) is 1.72. The number of rotatable bonds is 3. The quantitative estimate of drug-likeness (QED) is 0.694. The van der Waals surface area contributed by atoms with E-state index in [2.05, 4.69) is 9.88 Å². The highest BCUT2D eigenvalue weighted by molar-refractivity contribution is 6.42. The van der Waals surface area contributed by atoms with Gasteiger partial charge in [-0.25, -0.2) is 0 Å². The largest absolute Gasteiger partial charge is 0.489 e. The zero-order valence-electron chi connectivity index (χ0n) is 14.0. The van der Waals surface area contributed by atoms with Gasteiger partial charge >= 0.3 is 0 Å². The molecule has 0 aliphatic carbocycles. The van der Waals surface area contributed by atoms with E-state index in [0.717, 1.165) is 37.1 Å². The fourth-order valence-electron chi connectivity index (χ4n) is 3.34. The number of fused-ring (bicyclic) bond motifs is 1. The van der Waals surface area contributed by atoms with Crippen molar-refractivity contribution in [1.29, 1.82) is 0 Å². The minimum Gasteiger partial charge on any atom is -0.489 e. The van der Waals surface area contributed by atoms with Gasteiger partial charge in [-0.05, 0) is 30.3 Å². The van der Waals surface area contributed by atoms with Crippen molar-refractivity contribution in [2.45, 2.75) is 18.9 Å². The van der Waals surface area contributed by atoms with E-state index in [1.807, 2.05) is 30.3 Å². The molecule has 0 amide bonds. The van der Waals surface area contributed by atoms with E-state index >= 15 is 0 Å². The van der Waals surface area contributed by atoms with Gasteiger partial charge in [-0.2, -0.15) is 0 Å². The number of pyridine rings is 1. The maximum absolute atomic E-state index is 12.0. The minimum atomic E-state index is 0.0365. The lowest BCUT2D eigenvalue weighted by Gasteiger charge is -2.34. The molecule has 1 N–H and O–H groups in total. The molecule has 26 heavy (non-hydrogen) atoms. The molecule has 134 valence electrons. The van der Waals surface area contributed by atoms with Gasteiger partial charge in [-0.3, -0.25) is 4.79 Å². The molecule has 0 atom stereocenters. The predicted octanol–water partition coefficient (Wildman–Crippen LogP) is 4.88. The lowest BCUT2D eigenvalue weighted by Crippen LogP contribution is -2.38. The van der Waals surface area contributed by atoms with E-state index in [0.29, 0.717) is 21.2 Å². The minimum absolute atomic E-state index is 0.0365. The number of aromatic amines is 1. The van der Waals surface area contributed by atoms with E-state index in [1.165, 1.54) is 0 Å². The number of nitrogens with zero attached hydrogens (tertiary/aromatic N) is 1. The SMILES string of the molecule is O=c1cc[nH]c2ccc(N3CCC(Oc4cccc(Cl)c4Cl)CC3)cc12. The zero-order valence-corrected chi connectivity index (χ0v) is 15.6. The van der Waals surface area contributed by atoms with Gasteiger partial charge in [0.05, 0.1) is 5.02 Å². The molecule has 1 aliphatic heterocycles. The van der Waals surface area contributed by atoms with Crippen molar-refractivity contribution in [3.05, 3.63) is 68.9 Å². The summed E-state index contributed by atoms with van der Waals surface area (Å²) in [5.41, 5.74) is 1.96. The average Bonchev–Trinajstić information content (AvgIpc) is 2.66. The van der Waals surface area contributed by atoms with E-state index < -0.39 is 0 Å². The third-order valence-electron chi connectivity index (χ3n) is 4.76. The Kier molecular flexibility index (Phi) is 4.79. The van der Waals surface area contributed by atoms with Gasteiger partial charge in [0.25, 0.3) is 0 Å². The van der Waals surface area contributed by atoms with Gasteiger partial charge in [-0.1, -0.05) is 29.3 Å². The van der Waals surface area contributed by atoms with Crippen LogP contribution in [0.25, 0.3) is 10.9 Å². The van der Waals surface area contributed by atoms with E-state index in [-0.39, 0.29) is 11.5 Å². The number of H-pyrrole nitrogens is 1. The van der Waals surface area contributed by atoms with Gasteiger partial charge in [0.1, 0.15) is 16.9 Å². The first kappa shape index (κ1) is 17.3. The summed E-state index contributed by atoms with van der Waals surface area (Å²) in [7, 11) is 0. The van der Waals surface area contributed by atoms with Crippen LogP contribution in [-0.4, -0.2) is 24.2 Å². The molecule has 2 heterocycles. The maximum Gasteiger partial charge on any atom is 0.189 e. The molecular formula is C20H18Cl2N2O2. The molecule has 0 saturated carbocycles. The number of hydrogen-bond donors (Lipinski definition) is 1. The second-order valence-corrected chi connectivity index (χ2v) is 7.21. The Balaban J connectivity index is 1.46. The van der Waals surface area contributed by atoms with Crippen LogP contribution < -0.4 is 15.1 Å². The molecule has 0 bridgehead atoms. The molecule has 3 aromatic rings. The van der Waals surface area contributed by atoms with Crippen LogP contribution in [0, 0.1) is 0 Å². The second kappa shape index (κ2) is 7.22. The van der Waals surface area contributed by atoms with Crippen molar-refractivity contribution < 1.29 is 4.74 Å². The molecule has 0 unspecified atom stereocenters. The number of hydrogen-bond acceptors (Lipinski definition) is 3. The average molecular weight is 389 g/mol. The first-order valence-corrected chi connectivity index (χ1v) is 9.34. The Morgan fingerprint density at radius 1 is 1.08 bits per heavy atom. The first-order valence-electron chi connectivity index (χ1n) is 8.59. The fraction of sp³-hybridized carbons (Fsp3) is 0.250. The standard InChI is InChI=1S/C20H18Cl2N2O2/c21-16-2-1-3-19(20(16)22)26-14-7-10-24(11-8-14)13-4-5-17-15(12-13)18(25)6-9-23-17/h1-6,9,12,14H,7-8,10-11H2,(H,23,25). The van der Waals surface area contributed by atoms with Crippen LogP contribution >= 0.6 is 23.2 Å². The smallest absolute Gasteiger partial charge is 0.189 e. The molecule has 1 aliphatic rings. The van der Waals surface area contributed by atoms with Crippen molar-refractivity contribution in [2.75, 3.05) is 18.0 Å². The second-order valence-electron chi connectivity index (χ2n) is 6.43. The number of benzene rings is 2. The number of ether oxygens (including phenoxy) is 1. The molecule has 4 rings (SSSR count). The topological polar surface area (TPSA) is 45.3 Å². The Labute approximate surface area is 161 Å². The number of nitrogens with one attached hydrogen (secondary N) is 1. The van der Waals surface area contributed by atoms with Crippen LogP contribution in [0.1, 0.15) is 12.8 Å². The van der Waals surface area contributed by atoms with Crippen molar-refractivity contribution in [3.63, 3.8) is 0 Å². The normalized spacial score (nSPS) is 15.4. The summed E-state index contributed by atoms with van der Waals surface area (Å²) in [5, 5.41) is 1.68. The van der Waals surface area contributed by atoms with E-state index in [9.17, 15) is 4.79 Å². The number of piperidine rings is 1. The third kappa shape index (κ3) is 3.39. The first-order chi connectivity index (χ1) is 12.6. The zero-order chi connectivity index (χ0) is 18.1. The predicted molar refractivity (Wildman–Crippen MR) is 107 cm³/mol. The lowest BCUT2D eigenvalue weighted by atomic mass is 10.1. The van der Waals surface area contributed by atoms with E-state index in [1.54, 1.807) is 18.3 Å². The van der Waals surface area contributed by atoms with Crippen LogP contribution in [0.4, 0.5) is 5.69 Å². The van der Waals surface area contributed by atoms with Gasteiger partial charge in [0.15, 0.2) is 5.43 Å². The molecule has 1 aromatic heterocycles. The highest BCUT2D eigenvalue weighted by Gasteiger charge is 2.22. The summed E-state index contributed by atoms with van der Waals surface area (Å²) < 4.78 is 6.04. The maximum atomic E-state index is 12.0. The molecule has 1 fully saturated rings. The van der Waals surface area contributed by atoms with Crippen molar-refractivity contribution in [2.24, 2.45) is 0 Å². The van der Waals surface area contributed by atoms with E-state index in [4.69, 9.17) is 27.9 Å². The monoisotopic (exact) mass is 388 g/mol. The van der Waals surface area contributed by atoms with Crippen molar-refractivity contribution in [1.82, 2.24) is 4.98 Å². The van der Waals surface area contributed by atoms with Crippen LogP contribution in [0.3, 0.4) is 0 Å². The van der Waals surface area contributed by atoms with Crippen LogP contribution in [0.15, 0.2) is 53.5 Å². The molecule has 1 saturated heterocycles. The molecule has 2 aromatic carbocycles. The number of anilines is 1. The Bertz CT molecular complexity index is 995. The van der Waals surface area contributed by atoms with Gasteiger partial charge in [0, 0.05) is 54.8 Å². The van der Waals surface area contributed by atoms with Gasteiger partial charge in [-0.15, -0.1) is 0 Å². The molecule has 0 radical (unpaired) electrons. The van der Waals surface area contributed by atoms with Crippen molar-refractivity contribution >= 4 is 39.8 Å². The van der Waals surface area contributed by atoms with Gasteiger partial charge in [0.2, 0.25) is 0 Å². The highest BCUT2D eigenvalue weighted by Crippen LogP contribution is 2.33. The molecule has 4 nitrogen and oxygen atoms in total. The lowest BCUT2D eigenvalue weighted by molar-refractivity contribution is 0.171. The summed E-state index contributed by atoms with van der Waals surface area (Å²) in [4.78, 5) is 17.4.